The summed E-state index contributed by atoms with van der Waals surface area (Å²) >= 11 is 9.00. The molecule has 6 nitrogen and oxygen atoms in total. The summed E-state index contributed by atoms with van der Waals surface area (Å²) in [5, 5.41) is 3.85. The third kappa shape index (κ3) is 4.69. The Bertz CT molecular complexity index is 799. The third-order valence-electron chi connectivity index (χ3n) is 3.77. The smallest absolute Gasteiger partial charge is 0.249 e. The third-order valence-corrected chi connectivity index (χ3v) is 5.92. The SMILES string of the molecule is Cc1cnc(NC(=O)C2CSCN2C(=O)CCOc2ccccc2Cl)s1. The Morgan fingerprint density at radius 3 is 2.96 bits per heavy atom. The Hall–Kier alpha value is -1.77. The molecule has 1 N–H and O–H groups in total. The number of halogens is 1. The Kier molecular flexibility index (Phi) is 6.39. The zero-order chi connectivity index (χ0) is 18.5. The molecule has 2 aromatic rings. The van der Waals surface area contributed by atoms with E-state index in [1.807, 2.05) is 19.1 Å². The first-order valence-corrected chi connectivity index (χ1v) is 10.4. The molecule has 1 unspecified atom stereocenters. The van der Waals surface area contributed by atoms with Gasteiger partial charge in [0.1, 0.15) is 11.8 Å². The number of carbonyl (C=O) groups is 2. The van der Waals surface area contributed by atoms with Crippen LogP contribution in [0.15, 0.2) is 30.5 Å². The number of amides is 2. The summed E-state index contributed by atoms with van der Waals surface area (Å²) in [4.78, 5) is 31.7. The zero-order valence-corrected chi connectivity index (χ0v) is 16.5. The number of thioether (sulfide) groups is 1. The molecule has 1 aliphatic rings. The Morgan fingerprint density at radius 1 is 1.42 bits per heavy atom. The monoisotopic (exact) mass is 411 g/mol. The van der Waals surface area contributed by atoms with Crippen LogP contribution in [-0.4, -0.2) is 46.0 Å². The molecule has 1 aromatic carbocycles. The molecule has 0 bridgehead atoms. The normalized spacial score (nSPS) is 16.5. The second-order valence-electron chi connectivity index (χ2n) is 5.67. The molecule has 138 valence electrons. The molecule has 1 aliphatic heterocycles. The van der Waals surface area contributed by atoms with E-state index in [2.05, 4.69) is 10.3 Å². The van der Waals surface area contributed by atoms with E-state index >= 15 is 0 Å². The van der Waals surface area contributed by atoms with Gasteiger partial charge in [-0.05, 0) is 19.1 Å². The Labute approximate surface area is 164 Å². The molecule has 26 heavy (non-hydrogen) atoms. The van der Waals surface area contributed by atoms with Crippen molar-refractivity contribution in [3.05, 3.63) is 40.4 Å². The molecule has 2 amide bonds. The van der Waals surface area contributed by atoms with Crippen molar-refractivity contribution in [3.63, 3.8) is 0 Å². The van der Waals surface area contributed by atoms with Gasteiger partial charge in [0.05, 0.1) is 23.9 Å². The number of carbonyl (C=O) groups excluding carboxylic acids is 2. The van der Waals surface area contributed by atoms with Crippen LogP contribution in [0.5, 0.6) is 5.75 Å². The van der Waals surface area contributed by atoms with E-state index in [0.29, 0.717) is 27.5 Å². The topological polar surface area (TPSA) is 71.5 Å². The lowest BCUT2D eigenvalue weighted by molar-refractivity contribution is -0.136. The maximum atomic E-state index is 12.5. The van der Waals surface area contributed by atoms with Crippen LogP contribution in [0.1, 0.15) is 11.3 Å². The number of anilines is 1. The number of hydrogen-bond acceptors (Lipinski definition) is 6. The van der Waals surface area contributed by atoms with E-state index in [-0.39, 0.29) is 24.8 Å². The van der Waals surface area contributed by atoms with Crippen LogP contribution in [0.3, 0.4) is 0 Å². The molecule has 0 saturated carbocycles. The van der Waals surface area contributed by atoms with Crippen LogP contribution < -0.4 is 10.1 Å². The lowest BCUT2D eigenvalue weighted by Crippen LogP contribution is -2.44. The first-order valence-electron chi connectivity index (χ1n) is 8.02. The molecule has 0 aliphatic carbocycles. The van der Waals surface area contributed by atoms with Crippen LogP contribution >= 0.6 is 34.7 Å². The van der Waals surface area contributed by atoms with Crippen molar-refractivity contribution in [1.82, 2.24) is 9.88 Å². The molecule has 2 heterocycles. The van der Waals surface area contributed by atoms with Crippen LogP contribution in [0, 0.1) is 6.92 Å². The highest BCUT2D eigenvalue weighted by Gasteiger charge is 2.34. The molecule has 9 heteroatoms. The number of thiazole rings is 1. The highest BCUT2D eigenvalue weighted by Crippen LogP contribution is 2.25. The summed E-state index contributed by atoms with van der Waals surface area (Å²) in [5.74, 6) is 1.31. The number of ether oxygens (including phenoxy) is 1. The second kappa shape index (κ2) is 8.75. The number of aryl methyl sites for hydroxylation is 1. The van der Waals surface area contributed by atoms with Crippen molar-refractivity contribution < 1.29 is 14.3 Å². The zero-order valence-electron chi connectivity index (χ0n) is 14.1. The van der Waals surface area contributed by atoms with Crippen molar-refractivity contribution in [2.75, 3.05) is 23.6 Å². The molecule has 1 atom stereocenters. The van der Waals surface area contributed by atoms with Gasteiger partial charge in [-0.15, -0.1) is 23.1 Å². The van der Waals surface area contributed by atoms with Gasteiger partial charge in [0.2, 0.25) is 11.8 Å². The van der Waals surface area contributed by atoms with E-state index in [0.717, 1.165) is 4.88 Å². The highest BCUT2D eigenvalue weighted by atomic mass is 35.5. The number of nitrogens with one attached hydrogen (secondary N) is 1. The van der Waals surface area contributed by atoms with E-state index < -0.39 is 6.04 Å². The van der Waals surface area contributed by atoms with Gasteiger partial charge in [-0.3, -0.25) is 9.59 Å². The van der Waals surface area contributed by atoms with Crippen LogP contribution in [-0.2, 0) is 9.59 Å². The number of para-hydroxylation sites is 1. The predicted octanol–water partition coefficient (Wildman–Crippen LogP) is 3.41. The summed E-state index contributed by atoms with van der Waals surface area (Å²) in [5.41, 5.74) is 0. The summed E-state index contributed by atoms with van der Waals surface area (Å²) in [7, 11) is 0. The van der Waals surface area contributed by atoms with Gasteiger partial charge in [-0.1, -0.05) is 23.7 Å². The molecule has 1 aromatic heterocycles. The molecule has 0 radical (unpaired) electrons. The molecule has 3 rings (SSSR count). The fourth-order valence-electron chi connectivity index (χ4n) is 2.46. The molecular formula is C17H18ClN3O3S2. The molecule has 0 spiro atoms. The van der Waals surface area contributed by atoms with Crippen LogP contribution in [0.2, 0.25) is 5.02 Å². The second-order valence-corrected chi connectivity index (χ2v) is 8.32. The van der Waals surface area contributed by atoms with Gasteiger partial charge < -0.3 is 15.0 Å². The predicted molar refractivity (Wildman–Crippen MR) is 105 cm³/mol. The van der Waals surface area contributed by atoms with Crippen LogP contribution in [0.25, 0.3) is 0 Å². The molecular weight excluding hydrogens is 394 g/mol. The summed E-state index contributed by atoms with van der Waals surface area (Å²) < 4.78 is 5.57. The minimum Gasteiger partial charge on any atom is -0.491 e. The lowest BCUT2D eigenvalue weighted by Gasteiger charge is -2.22. The van der Waals surface area contributed by atoms with Crippen molar-refractivity contribution in [1.29, 1.82) is 0 Å². The van der Waals surface area contributed by atoms with E-state index in [1.54, 1.807) is 35.0 Å². The van der Waals surface area contributed by atoms with Gasteiger partial charge in [-0.2, -0.15) is 0 Å². The molecule has 1 fully saturated rings. The minimum absolute atomic E-state index is 0.113. The maximum absolute atomic E-state index is 12.5. The van der Waals surface area contributed by atoms with Gasteiger partial charge in [-0.25, -0.2) is 4.98 Å². The number of rotatable bonds is 6. The van der Waals surface area contributed by atoms with Crippen LogP contribution in [0.4, 0.5) is 5.13 Å². The Morgan fingerprint density at radius 2 is 2.23 bits per heavy atom. The fourth-order valence-corrected chi connectivity index (χ4v) is 4.50. The number of nitrogens with zero attached hydrogens (tertiary/aromatic N) is 2. The van der Waals surface area contributed by atoms with E-state index in [4.69, 9.17) is 16.3 Å². The van der Waals surface area contributed by atoms with Crippen molar-refractivity contribution in [3.8, 4) is 5.75 Å². The van der Waals surface area contributed by atoms with Gasteiger partial charge in [0.15, 0.2) is 5.13 Å². The van der Waals surface area contributed by atoms with Gasteiger partial charge >= 0.3 is 0 Å². The van der Waals surface area contributed by atoms with Gasteiger partial charge in [0.25, 0.3) is 0 Å². The first-order chi connectivity index (χ1) is 12.5. The summed E-state index contributed by atoms with van der Waals surface area (Å²) in [6, 6.07) is 6.63. The van der Waals surface area contributed by atoms with E-state index in [9.17, 15) is 9.59 Å². The fraction of sp³-hybridized carbons (Fsp3) is 0.353. The minimum atomic E-state index is -0.489. The number of benzene rings is 1. The van der Waals surface area contributed by atoms with Gasteiger partial charge in [0, 0.05) is 16.8 Å². The quantitative estimate of drug-likeness (QED) is 0.788. The van der Waals surface area contributed by atoms with Crippen molar-refractivity contribution in [2.24, 2.45) is 0 Å². The number of hydrogen-bond donors (Lipinski definition) is 1. The lowest BCUT2D eigenvalue weighted by atomic mass is 10.2. The summed E-state index contributed by atoms with van der Waals surface area (Å²) in [6.07, 6.45) is 1.89. The average Bonchev–Trinajstić information content (AvgIpc) is 3.25. The van der Waals surface area contributed by atoms with Crippen molar-refractivity contribution in [2.45, 2.75) is 19.4 Å². The van der Waals surface area contributed by atoms with Crippen molar-refractivity contribution >= 4 is 51.6 Å². The standard InChI is InChI=1S/C17H18ClN3O3S2/c1-11-8-19-17(26-11)20-16(23)13-9-25-10-21(13)15(22)6-7-24-14-5-3-2-4-12(14)18/h2-5,8,13H,6-7,9-10H2,1H3,(H,19,20,23). The first kappa shape index (κ1) is 19.0. The van der Waals surface area contributed by atoms with E-state index in [1.165, 1.54) is 11.3 Å². The summed E-state index contributed by atoms with van der Waals surface area (Å²) in [6.45, 7) is 2.14. The Balaban J connectivity index is 1.52. The molecule has 1 saturated heterocycles. The highest BCUT2D eigenvalue weighted by molar-refractivity contribution is 7.99. The largest absolute Gasteiger partial charge is 0.491 e. The average molecular weight is 412 g/mol. The maximum Gasteiger partial charge on any atom is 0.249 e. The number of aromatic nitrogens is 1.